The molecule has 0 unspecified atom stereocenters. The van der Waals surface area contributed by atoms with Crippen molar-refractivity contribution in [1.82, 2.24) is 20.6 Å². The van der Waals surface area contributed by atoms with Gasteiger partial charge in [-0.05, 0) is 25.7 Å². The summed E-state index contributed by atoms with van der Waals surface area (Å²) in [6.07, 6.45) is 8.86. The lowest BCUT2D eigenvalue weighted by atomic mass is 10.2. The highest BCUT2D eigenvalue weighted by molar-refractivity contribution is 5.77. The van der Waals surface area contributed by atoms with E-state index in [4.69, 9.17) is 4.74 Å². The van der Waals surface area contributed by atoms with Gasteiger partial charge in [-0.25, -0.2) is 0 Å². The van der Waals surface area contributed by atoms with Crippen LogP contribution in [0.3, 0.4) is 0 Å². The van der Waals surface area contributed by atoms with Gasteiger partial charge < -0.3 is 15.4 Å². The smallest absolute Gasteiger partial charge is 0.222 e. The van der Waals surface area contributed by atoms with Gasteiger partial charge in [-0.1, -0.05) is 0 Å². The summed E-state index contributed by atoms with van der Waals surface area (Å²) >= 11 is 0. The van der Waals surface area contributed by atoms with Crippen LogP contribution in [-0.2, 0) is 20.7 Å². The zero-order valence-electron chi connectivity index (χ0n) is 13.5. The molecule has 2 N–H and O–H groups in total. The van der Waals surface area contributed by atoms with Gasteiger partial charge in [0.05, 0.1) is 12.3 Å². The van der Waals surface area contributed by atoms with Crippen LogP contribution in [0.2, 0.25) is 0 Å². The maximum atomic E-state index is 12.0. The molecular formula is C16H24N4O3. The first-order chi connectivity index (χ1) is 11.2. The van der Waals surface area contributed by atoms with E-state index in [1.165, 1.54) is 0 Å². The molecule has 0 aliphatic heterocycles. The first-order valence-corrected chi connectivity index (χ1v) is 8.00. The average molecular weight is 320 g/mol. The Morgan fingerprint density at radius 2 is 1.87 bits per heavy atom. The van der Waals surface area contributed by atoms with Gasteiger partial charge in [0, 0.05) is 50.6 Å². The molecule has 1 heterocycles. The second kappa shape index (κ2) is 9.19. The summed E-state index contributed by atoms with van der Waals surface area (Å²) in [6, 6.07) is 0.279. The minimum atomic E-state index is 0.00600. The summed E-state index contributed by atoms with van der Waals surface area (Å²) in [7, 11) is 1.58. The van der Waals surface area contributed by atoms with E-state index in [-0.39, 0.29) is 23.9 Å². The van der Waals surface area contributed by atoms with Crippen molar-refractivity contribution in [3.63, 3.8) is 0 Å². The largest absolute Gasteiger partial charge is 0.384 e. The van der Waals surface area contributed by atoms with Crippen LogP contribution < -0.4 is 10.6 Å². The Morgan fingerprint density at radius 1 is 1.17 bits per heavy atom. The number of methoxy groups -OCH3 is 1. The monoisotopic (exact) mass is 320 g/mol. The Hall–Kier alpha value is -2.02. The van der Waals surface area contributed by atoms with Crippen molar-refractivity contribution in [3.8, 4) is 0 Å². The number of nitrogens with one attached hydrogen (secondary N) is 2. The van der Waals surface area contributed by atoms with E-state index < -0.39 is 0 Å². The van der Waals surface area contributed by atoms with Gasteiger partial charge >= 0.3 is 0 Å². The molecule has 1 aromatic rings. The molecule has 0 radical (unpaired) electrons. The lowest BCUT2D eigenvalue weighted by Gasteiger charge is -2.14. The summed E-state index contributed by atoms with van der Waals surface area (Å²) in [5, 5.41) is 6.02. The Morgan fingerprint density at radius 3 is 2.48 bits per heavy atom. The quantitative estimate of drug-likeness (QED) is 0.731. The second-order valence-electron chi connectivity index (χ2n) is 5.78. The highest BCUT2D eigenvalue weighted by Gasteiger charge is 2.26. The summed E-state index contributed by atoms with van der Waals surface area (Å²) < 4.78 is 4.89. The maximum Gasteiger partial charge on any atom is 0.222 e. The molecule has 7 nitrogen and oxygen atoms in total. The predicted molar refractivity (Wildman–Crippen MR) is 84.6 cm³/mol. The molecule has 126 valence electrons. The summed E-state index contributed by atoms with van der Waals surface area (Å²) in [5.41, 5.74) is 0.817. The van der Waals surface area contributed by atoms with Gasteiger partial charge in [-0.15, -0.1) is 0 Å². The standard InChI is InChI=1S/C16H24N4O3/c1-23-9-6-16(22)20-13-3-2-12(10-13)19-15(21)5-4-14-11-17-7-8-18-14/h7-8,11-13H,2-6,9-10H2,1H3,(H,19,21)(H,20,22)/t12-,13+/m1/s1. The van der Waals surface area contributed by atoms with Crippen LogP contribution in [0.25, 0.3) is 0 Å². The second-order valence-corrected chi connectivity index (χ2v) is 5.78. The fourth-order valence-corrected chi connectivity index (χ4v) is 2.74. The number of nitrogens with zero attached hydrogens (tertiary/aromatic N) is 2. The number of amides is 2. The number of carbonyl (C=O) groups excluding carboxylic acids is 2. The molecule has 0 spiro atoms. The summed E-state index contributed by atoms with van der Waals surface area (Å²) in [5.74, 6) is 0.0264. The lowest BCUT2D eigenvalue weighted by Crippen LogP contribution is -2.37. The van der Waals surface area contributed by atoms with E-state index in [9.17, 15) is 9.59 Å². The third kappa shape index (κ3) is 6.32. The zero-order valence-corrected chi connectivity index (χ0v) is 13.5. The third-order valence-corrected chi connectivity index (χ3v) is 3.92. The number of rotatable bonds is 8. The molecule has 23 heavy (non-hydrogen) atoms. The molecule has 1 aliphatic rings. The first-order valence-electron chi connectivity index (χ1n) is 8.00. The van der Waals surface area contributed by atoms with Gasteiger partial charge in [0.2, 0.25) is 11.8 Å². The van der Waals surface area contributed by atoms with Gasteiger partial charge in [0.25, 0.3) is 0 Å². The van der Waals surface area contributed by atoms with Crippen molar-refractivity contribution in [2.24, 2.45) is 0 Å². The molecule has 1 aliphatic carbocycles. The molecule has 1 saturated carbocycles. The highest BCUT2D eigenvalue weighted by Crippen LogP contribution is 2.19. The first kappa shape index (κ1) is 17.3. The van der Waals surface area contributed by atoms with Crippen LogP contribution in [0.5, 0.6) is 0 Å². The van der Waals surface area contributed by atoms with Crippen LogP contribution in [0.4, 0.5) is 0 Å². The Kier molecular flexibility index (Phi) is 6.93. The number of aryl methyl sites for hydroxylation is 1. The van der Waals surface area contributed by atoms with E-state index in [0.717, 1.165) is 25.0 Å². The van der Waals surface area contributed by atoms with Crippen molar-refractivity contribution in [2.75, 3.05) is 13.7 Å². The topological polar surface area (TPSA) is 93.2 Å². The molecule has 7 heteroatoms. The van der Waals surface area contributed by atoms with Crippen LogP contribution in [0.15, 0.2) is 18.6 Å². The molecule has 2 atom stereocenters. The van der Waals surface area contributed by atoms with E-state index >= 15 is 0 Å². The minimum absolute atomic E-state index is 0.00600. The molecule has 0 saturated heterocycles. The lowest BCUT2D eigenvalue weighted by molar-refractivity contribution is -0.122. The van der Waals surface area contributed by atoms with E-state index in [2.05, 4.69) is 20.6 Å². The van der Waals surface area contributed by atoms with E-state index in [1.807, 2.05) is 0 Å². The van der Waals surface area contributed by atoms with E-state index in [0.29, 0.717) is 25.9 Å². The van der Waals surface area contributed by atoms with Crippen LogP contribution in [-0.4, -0.2) is 47.6 Å². The van der Waals surface area contributed by atoms with Crippen molar-refractivity contribution < 1.29 is 14.3 Å². The SMILES string of the molecule is COCCC(=O)N[C@H]1CC[C@@H](NC(=O)CCc2cnccn2)C1. The average Bonchev–Trinajstić information content (AvgIpc) is 2.98. The maximum absolute atomic E-state index is 12.0. The third-order valence-electron chi connectivity index (χ3n) is 3.92. The summed E-state index contributed by atoms with van der Waals surface area (Å²) in [6.45, 7) is 0.432. The van der Waals surface area contributed by atoms with Crippen LogP contribution >= 0.6 is 0 Å². The summed E-state index contributed by atoms with van der Waals surface area (Å²) in [4.78, 5) is 31.8. The Bertz CT molecular complexity index is 509. The molecular weight excluding hydrogens is 296 g/mol. The highest BCUT2D eigenvalue weighted by atomic mass is 16.5. The normalized spacial score (nSPS) is 20.2. The van der Waals surface area contributed by atoms with Gasteiger partial charge in [-0.2, -0.15) is 0 Å². The van der Waals surface area contributed by atoms with Gasteiger partial charge in [-0.3, -0.25) is 19.6 Å². The number of hydrogen-bond acceptors (Lipinski definition) is 5. The minimum Gasteiger partial charge on any atom is -0.384 e. The van der Waals surface area contributed by atoms with Gasteiger partial charge in [0.1, 0.15) is 0 Å². The Labute approximate surface area is 136 Å². The molecule has 0 aromatic carbocycles. The van der Waals surface area contributed by atoms with Crippen molar-refractivity contribution in [1.29, 1.82) is 0 Å². The molecule has 2 rings (SSSR count). The van der Waals surface area contributed by atoms with Crippen molar-refractivity contribution >= 4 is 11.8 Å². The number of ether oxygens (including phenoxy) is 1. The molecule has 0 bridgehead atoms. The van der Waals surface area contributed by atoms with Gasteiger partial charge in [0.15, 0.2) is 0 Å². The van der Waals surface area contributed by atoms with Crippen LogP contribution in [0.1, 0.15) is 37.8 Å². The molecule has 1 fully saturated rings. The number of carbonyl (C=O) groups is 2. The molecule has 1 aromatic heterocycles. The van der Waals surface area contributed by atoms with Crippen LogP contribution in [0, 0.1) is 0 Å². The predicted octanol–water partition coefficient (Wildman–Crippen LogP) is 0.599. The fourth-order valence-electron chi connectivity index (χ4n) is 2.74. The zero-order chi connectivity index (χ0) is 16.5. The number of hydrogen-bond donors (Lipinski definition) is 2. The van der Waals surface area contributed by atoms with E-state index in [1.54, 1.807) is 25.7 Å². The van der Waals surface area contributed by atoms with Crippen molar-refractivity contribution in [2.45, 2.75) is 50.6 Å². The number of aromatic nitrogens is 2. The van der Waals surface area contributed by atoms with Crippen molar-refractivity contribution in [3.05, 3.63) is 24.3 Å². The molecule has 2 amide bonds. The Balaban J connectivity index is 1.64. The fraction of sp³-hybridized carbons (Fsp3) is 0.625.